The summed E-state index contributed by atoms with van der Waals surface area (Å²) >= 11 is 0. The van der Waals surface area contributed by atoms with Crippen LogP contribution < -0.4 is 10.5 Å². The average Bonchev–Trinajstić information content (AvgIpc) is 2.30. The van der Waals surface area contributed by atoms with Gasteiger partial charge in [0, 0.05) is 23.6 Å². The summed E-state index contributed by atoms with van der Waals surface area (Å²) < 4.78 is 4.88. The number of ether oxygens (including phenoxy) is 1. The van der Waals surface area contributed by atoms with E-state index in [1.807, 2.05) is 24.3 Å². The van der Waals surface area contributed by atoms with Crippen LogP contribution in [0.4, 0.5) is 5.69 Å². The number of methoxy groups -OCH3 is 1. The van der Waals surface area contributed by atoms with Gasteiger partial charge in [-0.1, -0.05) is 12.1 Å². The van der Waals surface area contributed by atoms with E-state index in [4.69, 9.17) is 10.5 Å². The second-order valence-electron chi connectivity index (χ2n) is 3.08. The quantitative estimate of drug-likeness (QED) is 0.752. The maximum Gasteiger partial charge on any atom is 0.316 e. The van der Waals surface area contributed by atoms with Crippen LogP contribution in [0.15, 0.2) is 36.7 Å². The molecule has 0 aliphatic heterocycles. The van der Waals surface area contributed by atoms with Gasteiger partial charge in [0.25, 0.3) is 0 Å². The molecule has 15 heavy (non-hydrogen) atoms. The fourth-order valence-corrected chi connectivity index (χ4v) is 1.25. The molecule has 4 nitrogen and oxygen atoms in total. The van der Waals surface area contributed by atoms with Gasteiger partial charge in [-0.25, -0.2) is 9.97 Å². The summed E-state index contributed by atoms with van der Waals surface area (Å²) in [7, 11) is 1.54. The van der Waals surface area contributed by atoms with E-state index in [2.05, 4.69) is 9.97 Å². The number of hydrogen-bond acceptors (Lipinski definition) is 4. The summed E-state index contributed by atoms with van der Waals surface area (Å²) in [6, 6.07) is 7.93. The smallest absolute Gasteiger partial charge is 0.316 e. The van der Waals surface area contributed by atoms with Crippen molar-refractivity contribution in [3.05, 3.63) is 36.7 Å². The molecule has 0 unspecified atom stereocenters. The van der Waals surface area contributed by atoms with Crippen LogP contribution in [0.1, 0.15) is 0 Å². The molecule has 2 rings (SSSR count). The third-order valence-corrected chi connectivity index (χ3v) is 2.05. The lowest BCUT2D eigenvalue weighted by atomic mass is 10.1. The molecule has 0 saturated carbocycles. The Bertz CT molecular complexity index is 436. The number of benzene rings is 1. The number of rotatable bonds is 2. The summed E-state index contributed by atoms with van der Waals surface area (Å²) in [5.74, 6) is 0. The Labute approximate surface area is 87.7 Å². The van der Waals surface area contributed by atoms with E-state index in [0.717, 1.165) is 16.8 Å². The van der Waals surface area contributed by atoms with E-state index in [1.54, 1.807) is 12.4 Å². The van der Waals surface area contributed by atoms with Crippen LogP contribution in [0, 0.1) is 0 Å². The Morgan fingerprint density at radius 3 is 2.13 bits per heavy atom. The van der Waals surface area contributed by atoms with Crippen molar-refractivity contribution < 1.29 is 4.74 Å². The van der Waals surface area contributed by atoms with E-state index in [1.165, 1.54) is 7.11 Å². The Morgan fingerprint density at radius 2 is 1.60 bits per heavy atom. The molecule has 0 radical (unpaired) electrons. The highest BCUT2D eigenvalue weighted by Crippen LogP contribution is 2.19. The lowest BCUT2D eigenvalue weighted by Crippen LogP contribution is -1.91. The number of hydrogen-bond donors (Lipinski definition) is 1. The zero-order chi connectivity index (χ0) is 10.7. The van der Waals surface area contributed by atoms with Crippen LogP contribution in [0.5, 0.6) is 6.01 Å². The van der Waals surface area contributed by atoms with Gasteiger partial charge >= 0.3 is 6.01 Å². The van der Waals surface area contributed by atoms with Gasteiger partial charge in [0.1, 0.15) is 0 Å². The Balaban J connectivity index is 2.33. The van der Waals surface area contributed by atoms with Crippen LogP contribution in [-0.2, 0) is 0 Å². The van der Waals surface area contributed by atoms with Gasteiger partial charge in [-0.2, -0.15) is 0 Å². The first-order valence-electron chi connectivity index (χ1n) is 4.51. The van der Waals surface area contributed by atoms with Crippen molar-refractivity contribution in [3.8, 4) is 17.1 Å². The summed E-state index contributed by atoms with van der Waals surface area (Å²) in [6.45, 7) is 0. The molecular formula is C11H11N3O. The van der Waals surface area contributed by atoms with Crippen molar-refractivity contribution in [3.63, 3.8) is 0 Å². The van der Waals surface area contributed by atoms with Crippen LogP contribution in [0.3, 0.4) is 0 Å². The lowest BCUT2D eigenvalue weighted by Gasteiger charge is -2.02. The van der Waals surface area contributed by atoms with Gasteiger partial charge in [0.2, 0.25) is 0 Å². The number of nitrogens with two attached hydrogens (primary N) is 1. The second kappa shape index (κ2) is 3.96. The van der Waals surface area contributed by atoms with Gasteiger partial charge in [-0.3, -0.25) is 0 Å². The van der Waals surface area contributed by atoms with Crippen LogP contribution in [0.25, 0.3) is 11.1 Å². The molecule has 1 aromatic carbocycles. The largest absolute Gasteiger partial charge is 0.467 e. The highest BCUT2D eigenvalue weighted by atomic mass is 16.5. The van der Waals surface area contributed by atoms with Crippen molar-refractivity contribution in [2.24, 2.45) is 0 Å². The molecule has 4 heteroatoms. The molecule has 0 atom stereocenters. The first kappa shape index (κ1) is 9.45. The molecule has 2 aromatic rings. The molecule has 76 valence electrons. The molecule has 0 aliphatic carbocycles. The lowest BCUT2D eigenvalue weighted by molar-refractivity contribution is 0.380. The molecule has 0 saturated heterocycles. The molecule has 0 amide bonds. The normalized spacial score (nSPS) is 9.93. The Morgan fingerprint density at radius 1 is 1.00 bits per heavy atom. The Kier molecular flexibility index (Phi) is 2.49. The number of aromatic nitrogens is 2. The minimum atomic E-state index is 0.370. The minimum Gasteiger partial charge on any atom is -0.467 e. The predicted molar refractivity (Wildman–Crippen MR) is 58.4 cm³/mol. The number of nitrogens with zero attached hydrogens (tertiary/aromatic N) is 2. The van der Waals surface area contributed by atoms with Crippen molar-refractivity contribution >= 4 is 5.69 Å². The van der Waals surface area contributed by atoms with Gasteiger partial charge in [-0.15, -0.1) is 0 Å². The van der Waals surface area contributed by atoms with Gasteiger partial charge in [0.05, 0.1) is 7.11 Å². The molecule has 0 spiro atoms. The second-order valence-corrected chi connectivity index (χ2v) is 3.08. The van der Waals surface area contributed by atoms with Crippen molar-refractivity contribution in [1.82, 2.24) is 9.97 Å². The van der Waals surface area contributed by atoms with Crippen molar-refractivity contribution in [2.75, 3.05) is 12.8 Å². The molecule has 2 N–H and O–H groups in total. The van der Waals surface area contributed by atoms with Crippen LogP contribution in [-0.4, -0.2) is 17.1 Å². The molecule has 0 aliphatic rings. The fourth-order valence-electron chi connectivity index (χ4n) is 1.25. The van der Waals surface area contributed by atoms with Crippen molar-refractivity contribution in [2.45, 2.75) is 0 Å². The summed E-state index contributed by atoms with van der Waals surface area (Å²) in [4.78, 5) is 8.06. The minimum absolute atomic E-state index is 0.370. The number of nitrogen functional groups attached to an aromatic ring is 1. The highest BCUT2D eigenvalue weighted by molar-refractivity contribution is 5.63. The number of anilines is 1. The van der Waals surface area contributed by atoms with E-state index < -0.39 is 0 Å². The maximum absolute atomic E-state index is 5.60. The molecular weight excluding hydrogens is 190 g/mol. The van der Waals surface area contributed by atoms with Crippen molar-refractivity contribution in [1.29, 1.82) is 0 Å². The summed E-state index contributed by atoms with van der Waals surface area (Å²) in [5.41, 5.74) is 8.32. The van der Waals surface area contributed by atoms with E-state index in [0.29, 0.717) is 6.01 Å². The summed E-state index contributed by atoms with van der Waals surface area (Å²) in [6.07, 6.45) is 3.44. The zero-order valence-electron chi connectivity index (χ0n) is 8.34. The van der Waals surface area contributed by atoms with Gasteiger partial charge < -0.3 is 10.5 Å². The van der Waals surface area contributed by atoms with E-state index >= 15 is 0 Å². The predicted octanol–water partition coefficient (Wildman–Crippen LogP) is 1.73. The molecule has 1 aromatic heterocycles. The topological polar surface area (TPSA) is 61.0 Å². The van der Waals surface area contributed by atoms with Crippen LogP contribution >= 0.6 is 0 Å². The third kappa shape index (κ3) is 2.04. The SMILES string of the molecule is COc1ncc(-c2ccc(N)cc2)cn1. The summed E-state index contributed by atoms with van der Waals surface area (Å²) in [5, 5.41) is 0. The van der Waals surface area contributed by atoms with Crippen LogP contribution in [0.2, 0.25) is 0 Å². The fraction of sp³-hybridized carbons (Fsp3) is 0.0909. The third-order valence-electron chi connectivity index (χ3n) is 2.05. The standard InChI is InChI=1S/C11H11N3O/c1-15-11-13-6-9(7-14-11)8-2-4-10(12)5-3-8/h2-7H,12H2,1H3. The first-order chi connectivity index (χ1) is 7.29. The van der Waals surface area contributed by atoms with Gasteiger partial charge in [-0.05, 0) is 17.7 Å². The molecule has 1 heterocycles. The molecule has 0 bridgehead atoms. The monoisotopic (exact) mass is 201 g/mol. The zero-order valence-corrected chi connectivity index (χ0v) is 8.34. The van der Waals surface area contributed by atoms with Gasteiger partial charge in [0.15, 0.2) is 0 Å². The first-order valence-corrected chi connectivity index (χ1v) is 4.51. The van der Waals surface area contributed by atoms with E-state index in [-0.39, 0.29) is 0 Å². The average molecular weight is 201 g/mol. The molecule has 0 fully saturated rings. The van der Waals surface area contributed by atoms with E-state index in [9.17, 15) is 0 Å². The highest BCUT2D eigenvalue weighted by Gasteiger charge is 1.99. The maximum atomic E-state index is 5.60. The Hall–Kier alpha value is -2.10.